The molecule has 0 saturated carbocycles. The zero-order chi connectivity index (χ0) is 10.6. The third-order valence-electron chi connectivity index (χ3n) is 2.53. The molecule has 0 aliphatic carbocycles. The van der Waals surface area contributed by atoms with Gasteiger partial charge in [0, 0.05) is 24.4 Å². The highest BCUT2D eigenvalue weighted by Gasteiger charge is 2.29. The molecule has 0 atom stereocenters. The second-order valence-corrected chi connectivity index (χ2v) is 4.87. The van der Waals surface area contributed by atoms with Crippen LogP contribution in [0.2, 0.25) is 0 Å². The molecule has 2 rings (SSSR count). The minimum Gasteiger partial charge on any atom is -0.348 e. The third-order valence-corrected chi connectivity index (χ3v) is 3.41. The largest absolute Gasteiger partial charge is 0.348 e. The van der Waals surface area contributed by atoms with Crippen molar-refractivity contribution in [2.45, 2.75) is 25.7 Å². The van der Waals surface area contributed by atoms with Gasteiger partial charge in [-0.1, -0.05) is 6.07 Å². The van der Waals surface area contributed by atoms with Crippen molar-refractivity contribution in [1.82, 2.24) is 5.32 Å². The molecule has 0 amide bonds. The lowest BCUT2D eigenvalue weighted by Crippen LogP contribution is -2.30. The number of hydrogen-bond acceptors (Lipinski definition) is 4. The summed E-state index contributed by atoms with van der Waals surface area (Å²) in [4.78, 5) is 1.37. The Morgan fingerprint density at radius 3 is 2.93 bits per heavy atom. The highest BCUT2D eigenvalue weighted by Crippen LogP contribution is 2.21. The Kier molecular flexibility index (Phi) is 3.75. The molecule has 0 unspecified atom stereocenters. The molecule has 15 heavy (non-hydrogen) atoms. The number of rotatable bonds is 5. The van der Waals surface area contributed by atoms with E-state index >= 15 is 0 Å². The quantitative estimate of drug-likeness (QED) is 0.780. The van der Waals surface area contributed by atoms with Gasteiger partial charge in [-0.2, -0.15) is 0 Å². The van der Waals surface area contributed by atoms with Crippen molar-refractivity contribution in [2.75, 3.05) is 19.8 Å². The number of hydrogen-bond donors (Lipinski definition) is 1. The molecule has 1 fully saturated rings. The van der Waals surface area contributed by atoms with Gasteiger partial charge in [0.1, 0.15) is 0 Å². The summed E-state index contributed by atoms with van der Waals surface area (Å²) in [7, 11) is 0. The number of nitrogens with one attached hydrogen (secondary N) is 1. The van der Waals surface area contributed by atoms with Crippen LogP contribution in [0.15, 0.2) is 17.5 Å². The normalized spacial score (nSPS) is 19.5. The van der Waals surface area contributed by atoms with Gasteiger partial charge in [0.15, 0.2) is 5.79 Å². The summed E-state index contributed by atoms with van der Waals surface area (Å²) in [6.45, 7) is 5.32. The Bertz CT molecular complexity index is 281. The predicted octanol–water partition coefficient (Wildman–Crippen LogP) is 1.99. The van der Waals surface area contributed by atoms with Gasteiger partial charge in [0.05, 0.1) is 13.2 Å². The van der Waals surface area contributed by atoms with Crippen molar-refractivity contribution in [3.05, 3.63) is 22.4 Å². The molecular formula is C11H17NO2S. The van der Waals surface area contributed by atoms with Gasteiger partial charge in [0.2, 0.25) is 0 Å². The van der Waals surface area contributed by atoms with E-state index in [9.17, 15) is 0 Å². The van der Waals surface area contributed by atoms with Crippen LogP contribution in [0.4, 0.5) is 0 Å². The number of thiophene rings is 1. The van der Waals surface area contributed by atoms with Gasteiger partial charge >= 0.3 is 0 Å². The van der Waals surface area contributed by atoms with E-state index in [-0.39, 0.29) is 5.79 Å². The molecule has 1 aliphatic heterocycles. The van der Waals surface area contributed by atoms with E-state index in [0.29, 0.717) is 0 Å². The van der Waals surface area contributed by atoms with Crippen molar-refractivity contribution >= 4 is 11.3 Å². The second-order valence-electron chi connectivity index (χ2n) is 3.84. The fourth-order valence-corrected chi connectivity index (χ4v) is 2.32. The third kappa shape index (κ3) is 3.28. The lowest BCUT2D eigenvalue weighted by Gasteiger charge is -2.22. The van der Waals surface area contributed by atoms with E-state index in [1.165, 1.54) is 4.88 Å². The van der Waals surface area contributed by atoms with Crippen LogP contribution in [-0.2, 0) is 16.0 Å². The van der Waals surface area contributed by atoms with Crippen LogP contribution < -0.4 is 5.32 Å². The van der Waals surface area contributed by atoms with E-state index in [1.807, 2.05) is 6.92 Å². The molecule has 84 valence electrons. The van der Waals surface area contributed by atoms with E-state index in [1.54, 1.807) is 11.3 Å². The molecular weight excluding hydrogens is 210 g/mol. The first-order valence-electron chi connectivity index (χ1n) is 5.29. The van der Waals surface area contributed by atoms with Gasteiger partial charge < -0.3 is 14.8 Å². The van der Waals surface area contributed by atoms with Crippen molar-refractivity contribution < 1.29 is 9.47 Å². The second kappa shape index (κ2) is 5.07. The van der Waals surface area contributed by atoms with E-state index in [4.69, 9.17) is 9.47 Å². The molecule has 1 aliphatic rings. The Balaban J connectivity index is 1.62. The Hall–Kier alpha value is -0.420. The van der Waals surface area contributed by atoms with Crippen LogP contribution in [0, 0.1) is 0 Å². The van der Waals surface area contributed by atoms with Gasteiger partial charge in [-0.25, -0.2) is 0 Å². The summed E-state index contributed by atoms with van der Waals surface area (Å²) in [5.41, 5.74) is 0. The summed E-state index contributed by atoms with van der Waals surface area (Å²) in [5.74, 6) is -0.359. The fraction of sp³-hybridized carbons (Fsp3) is 0.636. The molecule has 4 heteroatoms. The highest BCUT2D eigenvalue weighted by molar-refractivity contribution is 7.09. The molecule has 1 aromatic heterocycles. The smallest absolute Gasteiger partial charge is 0.166 e. The maximum atomic E-state index is 5.52. The van der Waals surface area contributed by atoms with Crippen molar-refractivity contribution in [2.24, 2.45) is 0 Å². The zero-order valence-electron chi connectivity index (χ0n) is 8.99. The summed E-state index contributed by atoms with van der Waals surface area (Å²) in [6.07, 6.45) is 0.901. The Morgan fingerprint density at radius 2 is 2.27 bits per heavy atom. The molecule has 1 aromatic rings. The van der Waals surface area contributed by atoms with Crippen LogP contribution in [-0.4, -0.2) is 25.5 Å². The molecule has 0 radical (unpaired) electrons. The highest BCUT2D eigenvalue weighted by atomic mass is 32.1. The van der Waals surface area contributed by atoms with Gasteiger partial charge in [-0.05, 0) is 18.4 Å². The first-order chi connectivity index (χ1) is 7.29. The van der Waals surface area contributed by atoms with Crippen LogP contribution in [0.25, 0.3) is 0 Å². The summed E-state index contributed by atoms with van der Waals surface area (Å²) < 4.78 is 11.0. The van der Waals surface area contributed by atoms with Crippen LogP contribution in [0.1, 0.15) is 18.2 Å². The van der Waals surface area contributed by atoms with Gasteiger partial charge in [-0.15, -0.1) is 11.3 Å². The van der Waals surface area contributed by atoms with Crippen LogP contribution in [0.5, 0.6) is 0 Å². The summed E-state index contributed by atoms with van der Waals surface area (Å²) in [5, 5.41) is 5.49. The monoisotopic (exact) mass is 227 g/mol. The summed E-state index contributed by atoms with van der Waals surface area (Å²) >= 11 is 1.78. The maximum Gasteiger partial charge on any atom is 0.166 e. The first kappa shape index (κ1) is 11.1. The van der Waals surface area contributed by atoms with E-state index < -0.39 is 0 Å². The van der Waals surface area contributed by atoms with Gasteiger partial charge in [0.25, 0.3) is 0 Å². The molecule has 1 saturated heterocycles. The van der Waals surface area contributed by atoms with Crippen LogP contribution >= 0.6 is 11.3 Å². The fourth-order valence-electron chi connectivity index (χ4n) is 1.64. The van der Waals surface area contributed by atoms with Crippen molar-refractivity contribution in [3.8, 4) is 0 Å². The maximum absolute atomic E-state index is 5.52. The first-order valence-corrected chi connectivity index (χ1v) is 6.17. The summed E-state index contributed by atoms with van der Waals surface area (Å²) in [6, 6.07) is 4.22. The lowest BCUT2D eigenvalue weighted by molar-refractivity contribution is -0.145. The SMILES string of the molecule is CC1(CCNCc2cccs2)OCCO1. The average molecular weight is 227 g/mol. The average Bonchev–Trinajstić information content (AvgIpc) is 2.84. The Labute approximate surface area is 94.4 Å². The van der Waals surface area contributed by atoms with E-state index in [2.05, 4.69) is 22.8 Å². The van der Waals surface area contributed by atoms with Crippen molar-refractivity contribution in [3.63, 3.8) is 0 Å². The number of ether oxygens (including phenoxy) is 2. The van der Waals surface area contributed by atoms with Crippen molar-refractivity contribution in [1.29, 1.82) is 0 Å². The lowest BCUT2D eigenvalue weighted by atomic mass is 10.2. The molecule has 0 bridgehead atoms. The molecule has 3 nitrogen and oxygen atoms in total. The minimum absolute atomic E-state index is 0.359. The molecule has 1 N–H and O–H groups in total. The minimum atomic E-state index is -0.359. The molecule has 2 heterocycles. The van der Waals surface area contributed by atoms with Crippen LogP contribution in [0.3, 0.4) is 0 Å². The van der Waals surface area contributed by atoms with Gasteiger partial charge in [-0.3, -0.25) is 0 Å². The molecule has 0 aromatic carbocycles. The molecule has 0 spiro atoms. The van der Waals surface area contributed by atoms with E-state index in [0.717, 1.165) is 32.7 Å². The standard InChI is InChI=1S/C11H17NO2S/c1-11(13-6-7-14-11)4-5-12-9-10-3-2-8-15-10/h2-3,8,12H,4-7,9H2,1H3. The predicted molar refractivity (Wildman–Crippen MR) is 61.0 cm³/mol. The topological polar surface area (TPSA) is 30.5 Å². The zero-order valence-corrected chi connectivity index (χ0v) is 9.81. The Morgan fingerprint density at radius 1 is 1.47 bits per heavy atom.